The molecule has 0 saturated carbocycles. The van der Waals surface area contributed by atoms with Crippen LogP contribution in [0.15, 0.2) is 76.7 Å². The largest absolute Gasteiger partial charge is 0.497 e. The van der Waals surface area contributed by atoms with Crippen molar-refractivity contribution < 1.29 is 27.1 Å². The zero-order valence-electron chi connectivity index (χ0n) is 18.2. The molecule has 0 atom stereocenters. The van der Waals surface area contributed by atoms with E-state index in [1.807, 2.05) is 0 Å². The van der Waals surface area contributed by atoms with Gasteiger partial charge in [-0.05, 0) is 36.4 Å². The number of rotatable bonds is 9. The molecule has 0 aliphatic heterocycles. The lowest BCUT2D eigenvalue weighted by molar-refractivity contribution is -0.119. The van der Waals surface area contributed by atoms with Crippen LogP contribution >= 0.6 is 11.6 Å². The van der Waals surface area contributed by atoms with E-state index in [9.17, 15) is 17.6 Å². The predicted octanol–water partition coefficient (Wildman–Crippen LogP) is 3.84. The maximum Gasteiger partial charge on any atom is 0.264 e. The van der Waals surface area contributed by atoms with Crippen LogP contribution in [0.5, 0.6) is 11.5 Å². The van der Waals surface area contributed by atoms with E-state index in [1.54, 1.807) is 24.3 Å². The zero-order valence-corrected chi connectivity index (χ0v) is 19.8. The summed E-state index contributed by atoms with van der Waals surface area (Å²) in [6.07, 6.45) is 1.04. The lowest BCUT2D eigenvalue weighted by Crippen LogP contribution is -2.39. The fourth-order valence-electron chi connectivity index (χ4n) is 2.98. The summed E-state index contributed by atoms with van der Waals surface area (Å²) in [5, 5.41) is 3.82. The summed E-state index contributed by atoms with van der Waals surface area (Å²) < 4.78 is 52.3. The summed E-state index contributed by atoms with van der Waals surface area (Å²) in [4.78, 5) is 12.7. The smallest absolute Gasteiger partial charge is 0.264 e. The van der Waals surface area contributed by atoms with Crippen LogP contribution in [0.2, 0.25) is 5.02 Å². The van der Waals surface area contributed by atoms with Gasteiger partial charge in [0.1, 0.15) is 23.9 Å². The number of carbonyl (C=O) groups excluding carboxylic acids is 1. The number of sulfonamides is 1. The summed E-state index contributed by atoms with van der Waals surface area (Å²) in [7, 11) is -1.39. The van der Waals surface area contributed by atoms with Crippen molar-refractivity contribution >= 4 is 39.4 Å². The Hall–Kier alpha value is -3.63. The van der Waals surface area contributed by atoms with Crippen molar-refractivity contribution in [1.82, 2.24) is 5.43 Å². The summed E-state index contributed by atoms with van der Waals surface area (Å²) in [6.45, 7) is -0.650. The van der Waals surface area contributed by atoms with Crippen molar-refractivity contribution in [1.29, 1.82) is 0 Å². The molecule has 11 heteroatoms. The molecule has 8 nitrogen and oxygen atoms in total. The van der Waals surface area contributed by atoms with Gasteiger partial charge in [-0.2, -0.15) is 5.10 Å². The Morgan fingerprint density at radius 2 is 1.82 bits per heavy atom. The van der Waals surface area contributed by atoms with Gasteiger partial charge in [-0.15, -0.1) is 0 Å². The fraction of sp³-hybridized carbons (Fsp3) is 0.130. The second-order valence-electron chi connectivity index (χ2n) is 6.79. The zero-order chi connectivity index (χ0) is 24.7. The molecule has 178 valence electrons. The number of hydrazone groups is 1. The van der Waals surface area contributed by atoms with E-state index in [0.29, 0.717) is 5.75 Å². The third kappa shape index (κ3) is 5.64. The number of carbonyl (C=O) groups is 1. The van der Waals surface area contributed by atoms with Gasteiger partial charge in [0.05, 0.1) is 36.0 Å². The first-order valence-electron chi connectivity index (χ1n) is 9.83. The molecule has 0 spiro atoms. The molecule has 0 radical (unpaired) electrons. The molecule has 3 aromatic rings. The second kappa shape index (κ2) is 11.0. The molecule has 3 aromatic carbocycles. The molecule has 0 heterocycles. The number of methoxy groups -OCH3 is 2. The van der Waals surface area contributed by atoms with Crippen LogP contribution in [0, 0.1) is 5.82 Å². The van der Waals surface area contributed by atoms with Gasteiger partial charge in [-0.1, -0.05) is 35.9 Å². The fourth-order valence-corrected chi connectivity index (χ4v) is 4.64. The SMILES string of the molecule is COc1ccc(OC)c(N(CC(=O)N/N=C/c2c(F)cccc2Cl)S(=O)(=O)c2ccccc2)c1. The summed E-state index contributed by atoms with van der Waals surface area (Å²) in [6, 6.07) is 16.3. The van der Waals surface area contributed by atoms with Gasteiger partial charge in [0.2, 0.25) is 0 Å². The number of nitrogens with one attached hydrogen (secondary N) is 1. The molecule has 0 saturated heterocycles. The molecule has 0 aliphatic rings. The number of amides is 1. The molecular weight excluding hydrogens is 485 g/mol. The number of hydrogen-bond acceptors (Lipinski definition) is 6. The van der Waals surface area contributed by atoms with Gasteiger partial charge in [-0.25, -0.2) is 18.2 Å². The van der Waals surface area contributed by atoms with Crippen LogP contribution in [0.3, 0.4) is 0 Å². The second-order valence-corrected chi connectivity index (χ2v) is 9.06. The monoisotopic (exact) mass is 505 g/mol. The van der Waals surface area contributed by atoms with Gasteiger partial charge in [0, 0.05) is 11.6 Å². The Morgan fingerprint density at radius 1 is 1.09 bits per heavy atom. The highest BCUT2D eigenvalue weighted by molar-refractivity contribution is 7.92. The molecule has 0 aromatic heterocycles. The van der Waals surface area contributed by atoms with E-state index in [2.05, 4.69) is 10.5 Å². The van der Waals surface area contributed by atoms with Crippen molar-refractivity contribution in [3.63, 3.8) is 0 Å². The van der Waals surface area contributed by atoms with Crippen LogP contribution in [-0.2, 0) is 14.8 Å². The topological polar surface area (TPSA) is 97.3 Å². The van der Waals surface area contributed by atoms with Gasteiger partial charge in [0.25, 0.3) is 15.9 Å². The lowest BCUT2D eigenvalue weighted by atomic mass is 10.2. The number of hydrogen-bond donors (Lipinski definition) is 1. The van der Waals surface area contributed by atoms with Crippen molar-refractivity contribution in [2.45, 2.75) is 4.90 Å². The Bertz CT molecular complexity index is 1280. The first-order valence-corrected chi connectivity index (χ1v) is 11.7. The highest BCUT2D eigenvalue weighted by Gasteiger charge is 2.29. The molecule has 3 rings (SSSR count). The van der Waals surface area contributed by atoms with Crippen molar-refractivity contribution in [2.75, 3.05) is 25.1 Å². The first-order chi connectivity index (χ1) is 16.3. The normalized spacial score (nSPS) is 11.3. The van der Waals surface area contributed by atoms with Crippen LogP contribution in [0.1, 0.15) is 5.56 Å². The average Bonchev–Trinajstić information content (AvgIpc) is 2.84. The number of benzene rings is 3. The Labute approximate surface area is 201 Å². The molecule has 1 amide bonds. The summed E-state index contributed by atoms with van der Waals surface area (Å²) in [5.41, 5.74) is 2.27. The molecule has 0 bridgehead atoms. The standard InChI is InChI=1S/C23H21ClFN3O5S/c1-32-16-11-12-22(33-2)21(13-16)28(34(30,31)17-7-4-3-5-8-17)15-23(29)27-26-14-18-19(24)9-6-10-20(18)25/h3-14H,15H2,1-2H3,(H,27,29)/b26-14+. The van der Waals surface area contributed by atoms with Crippen LogP contribution in [0.4, 0.5) is 10.1 Å². The maximum absolute atomic E-state index is 13.9. The highest BCUT2D eigenvalue weighted by Crippen LogP contribution is 2.35. The molecule has 0 aliphatic carbocycles. The van der Waals surface area contributed by atoms with E-state index < -0.39 is 28.3 Å². The van der Waals surface area contributed by atoms with Gasteiger partial charge >= 0.3 is 0 Å². The molecule has 1 N–H and O–H groups in total. The van der Waals surface area contributed by atoms with Crippen LogP contribution < -0.4 is 19.2 Å². The Balaban J connectivity index is 1.95. The molecule has 34 heavy (non-hydrogen) atoms. The number of nitrogens with zero attached hydrogens (tertiary/aromatic N) is 2. The highest BCUT2D eigenvalue weighted by atomic mass is 35.5. The number of ether oxygens (including phenoxy) is 2. The van der Waals surface area contributed by atoms with Gasteiger partial charge < -0.3 is 9.47 Å². The van der Waals surface area contributed by atoms with Crippen molar-refractivity contribution in [3.05, 3.63) is 83.1 Å². The third-order valence-corrected chi connectivity index (χ3v) is 6.76. The quantitative estimate of drug-likeness (QED) is 0.352. The maximum atomic E-state index is 13.9. The third-order valence-electron chi connectivity index (χ3n) is 4.66. The molecule has 0 unspecified atom stereocenters. The predicted molar refractivity (Wildman–Crippen MR) is 128 cm³/mol. The molecular formula is C23H21ClFN3O5S. The Morgan fingerprint density at radius 3 is 2.47 bits per heavy atom. The van der Waals surface area contributed by atoms with E-state index in [0.717, 1.165) is 10.5 Å². The average molecular weight is 506 g/mol. The number of halogens is 2. The van der Waals surface area contributed by atoms with E-state index in [1.165, 1.54) is 56.7 Å². The van der Waals surface area contributed by atoms with E-state index in [4.69, 9.17) is 21.1 Å². The minimum Gasteiger partial charge on any atom is -0.497 e. The minimum atomic E-state index is -4.19. The Kier molecular flexibility index (Phi) is 8.08. The van der Waals surface area contributed by atoms with Gasteiger partial charge in [-0.3, -0.25) is 9.10 Å². The van der Waals surface area contributed by atoms with Crippen molar-refractivity contribution in [3.8, 4) is 11.5 Å². The van der Waals surface area contributed by atoms with Crippen molar-refractivity contribution in [2.24, 2.45) is 5.10 Å². The van der Waals surface area contributed by atoms with E-state index >= 15 is 0 Å². The van der Waals surface area contributed by atoms with Crippen LogP contribution in [-0.4, -0.2) is 41.3 Å². The minimum absolute atomic E-state index is 0.0207. The van der Waals surface area contributed by atoms with E-state index in [-0.39, 0.29) is 26.9 Å². The van der Waals surface area contributed by atoms with Crippen LogP contribution in [0.25, 0.3) is 0 Å². The summed E-state index contributed by atoms with van der Waals surface area (Å²) >= 11 is 5.94. The first kappa shape index (κ1) is 25.0. The lowest BCUT2D eigenvalue weighted by Gasteiger charge is -2.25. The number of anilines is 1. The summed E-state index contributed by atoms with van der Waals surface area (Å²) in [5.74, 6) is -0.848. The molecule has 0 fully saturated rings. The van der Waals surface area contributed by atoms with Gasteiger partial charge in [0.15, 0.2) is 0 Å².